The van der Waals surface area contributed by atoms with E-state index in [4.69, 9.17) is 0 Å². The molecule has 4 rings (SSSR count). The Balaban J connectivity index is 0.00000240. The number of benzene rings is 1. The van der Waals surface area contributed by atoms with Crippen LogP contribution in [0, 0.1) is 0 Å². The number of amides is 4. The molecule has 0 aromatic heterocycles. The third-order valence-electron chi connectivity index (χ3n) is 5.81. The van der Waals surface area contributed by atoms with Gasteiger partial charge in [0.05, 0.1) is 0 Å². The molecule has 3 heterocycles. The number of nitrogens with one attached hydrogen (secondary N) is 2. The third-order valence-corrected chi connectivity index (χ3v) is 5.81. The highest BCUT2D eigenvalue weighted by Gasteiger charge is 2.39. The molecule has 0 saturated carbocycles. The summed E-state index contributed by atoms with van der Waals surface area (Å²) in [5.41, 5.74) is 1.84. The predicted molar refractivity (Wildman–Crippen MR) is 108 cm³/mol. The third kappa shape index (κ3) is 4.00. The van der Waals surface area contributed by atoms with Gasteiger partial charge in [0.1, 0.15) is 6.04 Å². The molecule has 3 aliphatic heterocycles. The molecule has 2 saturated heterocycles. The van der Waals surface area contributed by atoms with Gasteiger partial charge in [0.2, 0.25) is 11.8 Å². The van der Waals surface area contributed by atoms with Crippen LogP contribution in [0.4, 0.5) is 0 Å². The lowest BCUT2D eigenvalue weighted by Crippen LogP contribution is -2.52. The second-order valence-electron chi connectivity index (χ2n) is 7.58. The van der Waals surface area contributed by atoms with Gasteiger partial charge in [-0.2, -0.15) is 0 Å². The van der Waals surface area contributed by atoms with Gasteiger partial charge in [-0.25, -0.2) is 0 Å². The fraction of sp³-hybridized carbons (Fsp3) is 0.500. The maximum atomic E-state index is 12.9. The molecule has 0 radical (unpaired) electrons. The number of piperazine rings is 1. The minimum atomic E-state index is -0.643. The van der Waals surface area contributed by atoms with E-state index in [1.54, 1.807) is 18.2 Å². The maximum Gasteiger partial charge on any atom is 0.255 e. The number of piperidine rings is 1. The number of rotatable bonds is 3. The molecule has 0 aliphatic carbocycles. The summed E-state index contributed by atoms with van der Waals surface area (Å²) in [7, 11) is 0. The highest BCUT2D eigenvalue weighted by molar-refractivity contribution is 6.06. The molecule has 1 aromatic rings. The number of carbonyl (C=O) groups excluding carboxylic acids is 4. The van der Waals surface area contributed by atoms with Gasteiger partial charge in [0.25, 0.3) is 11.8 Å². The summed E-state index contributed by atoms with van der Waals surface area (Å²) in [6.07, 6.45) is 1.51. The Morgan fingerprint density at radius 1 is 1.24 bits per heavy atom. The molecule has 4 amide bonds. The highest BCUT2D eigenvalue weighted by atomic mass is 35.5. The number of nitrogens with zero attached hydrogens (tertiary/aromatic N) is 2. The topological polar surface area (TPSA) is 98.8 Å². The van der Waals surface area contributed by atoms with Gasteiger partial charge >= 0.3 is 0 Å². The first-order valence-electron chi connectivity index (χ1n) is 9.78. The van der Waals surface area contributed by atoms with Gasteiger partial charge in [0.15, 0.2) is 0 Å². The Morgan fingerprint density at radius 2 is 2.03 bits per heavy atom. The molecule has 3 aliphatic rings. The second-order valence-corrected chi connectivity index (χ2v) is 7.58. The zero-order chi connectivity index (χ0) is 19.8. The predicted octanol–water partition coefficient (Wildman–Crippen LogP) is 0.693. The fourth-order valence-corrected chi connectivity index (χ4v) is 4.17. The van der Waals surface area contributed by atoms with Crippen molar-refractivity contribution >= 4 is 36.0 Å². The molecule has 1 aromatic carbocycles. The second kappa shape index (κ2) is 8.51. The number of carbonyl (C=O) groups is 4. The standard InChI is InChI=1S/C20H24N4O4.ClH/c1-2-14-11-23(8-7-21-14)19(27)12-3-4-15-13(9-12)10-24(20(15)28)16-5-6-17(25)22-18(16)26;/h3-4,9,14,16,21H,2,5-8,10-11H2,1H3,(H,22,25,26);1H. The Hall–Kier alpha value is -2.45. The van der Waals surface area contributed by atoms with Crippen molar-refractivity contribution in [1.29, 1.82) is 0 Å². The quantitative estimate of drug-likeness (QED) is 0.701. The van der Waals surface area contributed by atoms with Crippen LogP contribution in [-0.4, -0.2) is 65.1 Å². The Bertz CT molecular complexity index is 859. The minimum Gasteiger partial charge on any atom is -0.336 e. The molecule has 0 bridgehead atoms. The number of hydrogen-bond donors (Lipinski definition) is 2. The molecule has 0 spiro atoms. The van der Waals surface area contributed by atoms with Crippen LogP contribution in [0.15, 0.2) is 18.2 Å². The van der Waals surface area contributed by atoms with E-state index in [1.165, 1.54) is 4.90 Å². The summed E-state index contributed by atoms with van der Waals surface area (Å²) < 4.78 is 0. The van der Waals surface area contributed by atoms with E-state index in [0.717, 1.165) is 18.5 Å². The van der Waals surface area contributed by atoms with E-state index >= 15 is 0 Å². The van der Waals surface area contributed by atoms with Gasteiger partial charge in [-0.3, -0.25) is 24.5 Å². The fourth-order valence-electron chi connectivity index (χ4n) is 4.17. The van der Waals surface area contributed by atoms with Crippen LogP contribution in [0.3, 0.4) is 0 Å². The van der Waals surface area contributed by atoms with E-state index in [9.17, 15) is 19.2 Å². The van der Waals surface area contributed by atoms with Crippen molar-refractivity contribution in [1.82, 2.24) is 20.4 Å². The molecular formula is C20H25ClN4O4. The van der Waals surface area contributed by atoms with Crippen LogP contribution in [0.25, 0.3) is 0 Å². The molecule has 2 atom stereocenters. The van der Waals surface area contributed by atoms with E-state index in [1.807, 2.05) is 4.90 Å². The molecule has 8 nitrogen and oxygen atoms in total. The molecule has 156 valence electrons. The van der Waals surface area contributed by atoms with E-state index in [-0.39, 0.29) is 43.1 Å². The molecule has 2 fully saturated rings. The van der Waals surface area contributed by atoms with E-state index < -0.39 is 11.9 Å². The average Bonchev–Trinajstić information content (AvgIpc) is 3.03. The smallest absolute Gasteiger partial charge is 0.255 e. The van der Waals surface area contributed by atoms with Crippen molar-refractivity contribution in [3.05, 3.63) is 34.9 Å². The summed E-state index contributed by atoms with van der Waals surface area (Å²) in [4.78, 5) is 52.5. The van der Waals surface area contributed by atoms with Crippen molar-refractivity contribution in [2.24, 2.45) is 0 Å². The summed E-state index contributed by atoms with van der Waals surface area (Å²) in [6.45, 7) is 4.48. The lowest BCUT2D eigenvalue weighted by atomic mass is 10.0. The largest absolute Gasteiger partial charge is 0.336 e. The number of halogens is 1. The highest BCUT2D eigenvalue weighted by Crippen LogP contribution is 2.28. The van der Waals surface area contributed by atoms with Crippen LogP contribution >= 0.6 is 12.4 Å². The van der Waals surface area contributed by atoms with Crippen LogP contribution in [0.1, 0.15) is 52.5 Å². The maximum absolute atomic E-state index is 12.9. The lowest BCUT2D eigenvalue weighted by molar-refractivity contribution is -0.136. The monoisotopic (exact) mass is 420 g/mol. The van der Waals surface area contributed by atoms with Crippen molar-refractivity contribution < 1.29 is 19.2 Å². The van der Waals surface area contributed by atoms with Crippen LogP contribution in [0.2, 0.25) is 0 Å². The normalized spacial score (nSPS) is 24.1. The SMILES string of the molecule is CCC1CN(C(=O)c2ccc3c(c2)CN(C2CCC(=O)NC2=O)C3=O)CCN1.Cl. The summed E-state index contributed by atoms with van der Waals surface area (Å²) in [6, 6.07) is 4.79. The zero-order valence-corrected chi connectivity index (χ0v) is 17.1. The van der Waals surface area contributed by atoms with Crippen LogP contribution in [0.5, 0.6) is 0 Å². The van der Waals surface area contributed by atoms with Gasteiger partial charge in [-0.15, -0.1) is 12.4 Å². The molecule has 9 heteroatoms. The van der Waals surface area contributed by atoms with Crippen molar-refractivity contribution in [3.8, 4) is 0 Å². The van der Waals surface area contributed by atoms with Crippen molar-refractivity contribution in [3.63, 3.8) is 0 Å². The Kier molecular flexibility index (Phi) is 6.24. The number of hydrogen-bond acceptors (Lipinski definition) is 5. The Morgan fingerprint density at radius 3 is 2.76 bits per heavy atom. The van der Waals surface area contributed by atoms with Gasteiger partial charge in [-0.1, -0.05) is 6.92 Å². The minimum absolute atomic E-state index is 0. The number of imide groups is 1. The first-order valence-corrected chi connectivity index (χ1v) is 9.78. The summed E-state index contributed by atoms with van der Waals surface area (Å²) >= 11 is 0. The first kappa shape index (κ1) is 21.3. The van der Waals surface area contributed by atoms with Crippen molar-refractivity contribution in [2.45, 2.75) is 44.8 Å². The van der Waals surface area contributed by atoms with Crippen LogP contribution in [-0.2, 0) is 16.1 Å². The summed E-state index contributed by atoms with van der Waals surface area (Å²) in [5, 5.41) is 5.69. The number of fused-ring (bicyclic) bond motifs is 1. The molecule has 29 heavy (non-hydrogen) atoms. The van der Waals surface area contributed by atoms with Crippen molar-refractivity contribution in [2.75, 3.05) is 19.6 Å². The van der Waals surface area contributed by atoms with E-state index in [0.29, 0.717) is 36.7 Å². The van der Waals surface area contributed by atoms with Gasteiger partial charge < -0.3 is 15.1 Å². The Labute approximate surface area is 175 Å². The summed E-state index contributed by atoms with van der Waals surface area (Å²) in [5.74, 6) is -0.994. The first-order chi connectivity index (χ1) is 13.5. The molecular weight excluding hydrogens is 396 g/mol. The van der Waals surface area contributed by atoms with Crippen LogP contribution < -0.4 is 10.6 Å². The zero-order valence-electron chi connectivity index (χ0n) is 16.3. The van der Waals surface area contributed by atoms with E-state index in [2.05, 4.69) is 17.6 Å². The average molecular weight is 421 g/mol. The molecule has 2 unspecified atom stereocenters. The van der Waals surface area contributed by atoms with Gasteiger partial charge in [0, 0.05) is 49.8 Å². The lowest BCUT2D eigenvalue weighted by Gasteiger charge is -2.33. The molecule has 2 N–H and O–H groups in total. The van der Waals surface area contributed by atoms with Gasteiger partial charge in [-0.05, 0) is 36.6 Å².